The highest BCUT2D eigenvalue weighted by Crippen LogP contribution is 2.21. The van der Waals surface area contributed by atoms with E-state index in [4.69, 9.17) is 0 Å². The van der Waals surface area contributed by atoms with E-state index in [2.05, 4.69) is 58.1 Å². The summed E-state index contributed by atoms with van der Waals surface area (Å²) in [6, 6.07) is 18.2. The standard InChI is InChI=1S/C20H23N5/c1-4-25(5-2)20-23-18(16-9-7-6-8-10-16)22-19(24-20)21-17-13-11-15(3)12-14-17/h6-14H,4-5H2,1-3H3,(H,21,22,23,24). The Balaban J connectivity index is 2.01. The van der Waals surface area contributed by atoms with Crippen molar-refractivity contribution in [3.63, 3.8) is 0 Å². The Morgan fingerprint density at radius 2 is 1.52 bits per heavy atom. The maximum absolute atomic E-state index is 4.67. The third-order valence-corrected chi connectivity index (χ3v) is 4.01. The van der Waals surface area contributed by atoms with Crippen molar-refractivity contribution < 1.29 is 0 Å². The molecule has 0 atom stereocenters. The average Bonchev–Trinajstić information content (AvgIpc) is 2.65. The number of aromatic nitrogens is 3. The summed E-state index contributed by atoms with van der Waals surface area (Å²) in [6.45, 7) is 7.96. The smallest absolute Gasteiger partial charge is 0.232 e. The Hall–Kier alpha value is -2.95. The Bertz CT molecular complexity index is 811. The number of benzene rings is 2. The van der Waals surface area contributed by atoms with Gasteiger partial charge in [-0.1, -0.05) is 48.0 Å². The molecule has 1 heterocycles. The summed E-state index contributed by atoms with van der Waals surface area (Å²) in [5, 5.41) is 3.30. The molecule has 0 aliphatic heterocycles. The lowest BCUT2D eigenvalue weighted by Gasteiger charge is -2.19. The lowest BCUT2D eigenvalue weighted by atomic mass is 10.2. The summed E-state index contributed by atoms with van der Waals surface area (Å²) >= 11 is 0. The van der Waals surface area contributed by atoms with Gasteiger partial charge in [0, 0.05) is 24.3 Å². The van der Waals surface area contributed by atoms with E-state index in [-0.39, 0.29) is 0 Å². The number of nitrogens with zero attached hydrogens (tertiary/aromatic N) is 4. The van der Waals surface area contributed by atoms with Crippen molar-refractivity contribution in [2.75, 3.05) is 23.3 Å². The number of anilines is 3. The monoisotopic (exact) mass is 333 g/mol. The Morgan fingerprint density at radius 1 is 0.840 bits per heavy atom. The molecule has 128 valence electrons. The number of nitrogens with one attached hydrogen (secondary N) is 1. The highest BCUT2D eigenvalue weighted by molar-refractivity contribution is 5.61. The first-order valence-electron chi connectivity index (χ1n) is 8.59. The van der Waals surface area contributed by atoms with Gasteiger partial charge in [-0.2, -0.15) is 15.0 Å². The van der Waals surface area contributed by atoms with E-state index < -0.39 is 0 Å². The van der Waals surface area contributed by atoms with Crippen molar-refractivity contribution in [1.82, 2.24) is 15.0 Å². The Morgan fingerprint density at radius 3 is 2.16 bits per heavy atom. The van der Waals surface area contributed by atoms with Gasteiger partial charge in [-0.3, -0.25) is 0 Å². The highest BCUT2D eigenvalue weighted by atomic mass is 15.3. The van der Waals surface area contributed by atoms with Crippen LogP contribution in [0.25, 0.3) is 11.4 Å². The van der Waals surface area contributed by atoms with Gasteiger partial charge in [0.05, 0.1) is 0 Å². The minimum atomic E-state index is 0.555. The third-order valence-electron chi connectivity index (χ3n) is 4.01. The maximum atomic E-state index is 4.67. The van der Waals surface area contributed by atoms with Gasteiger partial charge in [0.15, 0.2) is 5.82 Å². The predicted molar refractivity (Wildman–Crippen MR) is 103 cm³/mol. The van der Waals surface area contributed by atoms with Crippen LogP contribution in [0.5, 0.6) is 0 Å². The second-order valence-electron chi connectivity index (χ2n) is 5.81. The largest absolute Gasteiger partial charge is 0.341 e. The number of hydrogen-bond acceptors (Lipinski definition) is 5. The average molecular weight is 333 g/mol. The maximum Gasteiger partial charge on any atom is 0.232 e. The van der Waals surface area contributed by atoms with E-state index >= 15 is 0 Å². The van der Waals surface area contributed by atoms with E-state index in [1.807, 2.05) is 42.5 Å². The number of rotatable bonds is 6. The molecule has 25 heavy (non-hydrogen) atoms. The molecule has 3 rings (SSSR count). The first kappa shape index (κ1) is 16.9. The van der Waals surface area contributed by atoms with Crippen LogP contribution in [0.2, 0.25) is 0 Å². The Labute approximate surface area is 148 Å². The van der Waals surface area contributed by atoms with Gasteiger partial charge in [-0.25, -0.2) is 0 Å². The van der Waals surface area contributed by atoms with Gasteiger partial charge in [0.1, 0.15) is 0 Å². The van der Waals surface area contributed by atoms with Gasteiger partial charge in [0.2, 0.25) is 11.9 Å². The summed E-state index contributed by atoms with van der Waals surface area (Å²) in [6.07, 6.45) is 0. The zero-order chi connectivity index (χ0) is 17.6. The van der Waals surface area contributed by atoms with Crippen molar-refractivity contribution in [1.29, 1.82) is 0 Å². The number of aryl methyl sites for hydroxylation is 1. The molecular formula is C20H23N5. The topological polar surface area (TPSA) is 53.9 Å². The molecule has 0 bridgehead atoms. The van der Waals surface area contributed by atoms with Crippen LogP contribution in [0.4, 0.5) is 17.6 Å². The highest BCUT2D eigenvalue weighted by Gasteiger charge is 2.12. The van der Waals surface area contributed by atoms with Crippen molar-refractivity contribution in [2.24, 2.45) is 0 Å². The van der Waals surface area contributed by atoms with Crippen LogP contribution in [0, 0.1) is 6.92 Å². The SMILES string of the molecule is CCN(CC)c1nc(Nc2ccc(C)cc2)nc(-c2ccccc2)n1. The van der Waals surface area contributed by atoms with Crippen LogP contribution >= 0.6 is 0 Å². The van der Waals surface area contributed by atoms with Crippen LogP contribution in [-0.2, 0) is 0 Å². The summed E-state index contributed by atoms with van der Waals surface area (Å²) in [5.41, 5.74) is 3.15. The molecule has 5 heteroatoms. The minimum absolute atomic E-state index is 0.555. The van der Waals surface area contributed by atoms with E-state index in [1.165, 1.54) is 5.56 Å². The van der Waals surface area contributed by atoms with Crippen LogP contribution in [0.1, 0.15) is 19.4 Å². The molecule has 5 nitrogen and oxygen atoms in total. The van der Waals surface area contributed by atoms with Crippen LogP contribution in [0.3, 0.4) is 0 Å². The van der Waals surface area contributed by atoms with Crippen molar-refractivity contribution in [3.05, 3.63) is 60.2 Å². The molecule has 0 amide bonds. The summed E-state index contributed by atoms with van der Waals surface area (Å²) in [5.74, 6) is 1.92. The molecule has 0 aliphatic carbocycles. The first-order chi connectivity index (χ1) is 12.2. The quantitative estimate of drug-likeness (QED) is 0.723. The molecular weight excluding hydrogens is 310 g/mol. The zero-order valence-electron chi connectivity index (χ0n) is 14.9. The second-order valence-corrected chi connectivity index (χ2v) is 5.81. The van der Waals surface area contributed by atoms with Gasteiger partial charge in [0.25, 0.3) is 0 Å². The predicted octanol–water partition coefficient (Wildman–Crippen LogP) is 4.44. The second kappa shape index (κ2) is 7.75. The van der Waals surface area contributed by atoms with E-state index in [0.29, 0.717) is 17.7 Å². The fourth-order valence-electron chi connectivity index (χ4n) is 2.55. The Kier molecular flexibility index (Phi) is 5.23. The fourth-order valence-corrected chi connectivity index (χ4v) is 2.55. The van der Waals surface area contributed by atoms with E-state index in [9.17, 15) is 0 Å². The summed E-state index contributed by atoms with van der Waals surface area (Å²) in [4.78, 5) is 16.0. The fraction of sp³-hybridized carbons (Fsp3) is 0.250. The van der Waals surface area contributed by atoms with Crippen LogP contribution in [0.15, 0.2) is 54.6 Å². The molecule has 1 aromatic heterocycles. The van der Waals surface area contributed by atoms with E-state index in [0.717, 1.165) is 24.3 Å². The molecule has 0 aliphatic rings. The molecule has 0 fully saturated rings. The van der Waals surface area contributed by atoms with Crippen LogP contribution in [-0.4, -0.2) is 28.0 Å². The van der Waals surface area contributed by atoms with Gasteiger partial charge in [-0.05, 0) is 32.9 Å². The first-order valence-corrected chi connectivity index (χ1v) is 8.59. The normalized spacial score (nSPS) is 10.5. The third kappa shape index (κ3) is 4.12. The molecule has 0 spiro atoms. The molecule has 0 unspecified atom stereocenters. The van der Waals surface area contributed by atoms with Gasteiger partial charge >= 0.3 is 0 Å². The van der Waals surface area contributed by atoms with Crippen molar-refractivity contribution >= 4 is 17.6 Å². The summed E-state index contributed by atoms with van der Waals surface area (Å²) < 4.78 is 0. The van der Waals surface area contributed by atoms with Gasteiger partial charge < -0.3 is 10.2 Å². The molecule has 0 radical (unpaired) electrons. The van der Waals surface area contributed by atoms with Crippen LogP contribution < -0.4 is 10.2 Å². The number of hydrogen-bond donors (Lipinski definition) is 1. The molecule has 0 saturated carbocycles. The van der Waals surface area contributed by atoms with E-state index in [1.54, 1.807) is 0 Å². The molecule has 3 aromatic rings. The summed E-state index contributed by atoms with van der Waals surface area (Å²) in [7, 11) is 0. The van der Waals surface area contributed by atoms with Crippen molar-refractivity contribution in [3.8, 4) is 11.4 Å². The van der Waals surface area contributed by atoms with Gasteiger partial charge in [-0.15, -0.1) is 0 Å². The lowest BCUT2D eigenvalue weighted by molar-refractivity contribution is 0.815. The molecule has 1 N–H and O–H groups in total. The lowest BCUT2D eigenvalue weighted by Crippen LogP contribution is -2.25. The minimum Gasteiger partial charge on any atom is -0.341 e. The zero-order valence-corrected chi connectivity index (χ0v) is 14.9. The molecule has 0 saturated heterocycles. The molecule has 2 aromatic carbocycles. The van der Waals surface area contributed by atoms with Crippen molar-refractivity contribution in [2.45, 2.75) is 20.8 Å².